The molecule has 136 valence electrons. The van der Waals surface area contributed by atoms with E-state index in [0.29, 0.717) is 0 Å². The molecular formula is C17H28BrN3O3. The van der Waals surface area contributed by atoms with Crippen molar-refractivity contribution >= 4 is 21.8 Å². The molecule has 0 saturated heterocycles. The van der Waals surface area contributed by atoms with Crippen LogP contribution in [0, 0.1) is 0 Å². The molecule has 0 bridgehead atoms. The van der Waals surface area contributed by atoms with E-state index in [4.69, 9.17) is 0 Å². The van der Waals surface area contributed by atoms with Crippen molar-refractivity contribution in [1.29, 1.82) is 0 Å². The first-order valence-corrected chi connectivity index (χ1v) is 9.78. The van der Waals surface area contributed by atoms with E-state index in [2.05, 4.69) is 32.9 Å². The van der Waals surface area contributed by atoms with Crippen LogP contribution < -0.4 is 11.2 Å². The number of carbonyl (C=O) groups excluding carboxylic acids is 1. The number of hydrogen-bond donors (Lipinski definition) is 1. The van der Waals surface area contributed by atoms with Crippen molar-refractivity contribution in [3.8, 4) is 0 Å². The molecule has 0 aliphatic carbocycles. The van der Waals surface area contributed by atoms with Gasteiger partial charge in [0.25, 0.3) is 11.5 Å². The molecule has 0 saturated carbocycles. The van der Waals surface area contributed by atoms with E-state index in [1.807, 2.05) is 0 Å². The quantitative estimate of drug-likeness (QED) is 0.535. The lowest BCUT2D eigenvalue weighted by atomic mass is 10.1. The van der Waals surface area contributed by atoms with Crippen LogP contribution in [0.25, 0.3) is 0 Å². The van der Waals surface area contributed by atoms with Gasteiger partial charge in [-0.25, -0.2) is 4.79 Å². The van der Waals surface area contributed by atoms with E-state index < -0.39 is 11.2 Å². The molecule has 1 aromatic rings. The van der Waals surface area contributed by atoms with Gasteiger partial charge in [0.2, 0.25) is 0 Å². The van der Waals surface area contributed by atoms with Gasteiger partial charge >= 0.3 is 5.69 Å². The molecular weight excluding hydrogens is 374 g/mol. The maximum Gasteiger partial charge on any atom is 0.352 e. The number of carbonyl (C=O) groups is 1. The zero-order chi connectivity index (χ0) is 17.8. The minimum Gasteiger partial charge on any atom is -0.272 e. The smallest absolute Gasteiger partial charge is 0.272 e. The maximum absolute atomic E-state index is 11.9. The summed E-state index contributed by atoms with van der Waals surface area (Å²) in [5.41, 5.74) is -1.41. The summed E-state index contributed by atoms with van der Waals surface area (Å²) in [7, 11) is 0. The van der Waals surface area contributed by atoms with Crippen LogP contribution in [0.15, 0.2) is 14.2 Å². The van der Waals surface area contributed by atoms with E-state index in [9.17, 15) is 14.4 Å². The fraction of sp³-hybridized carbons (Fsp3) is 0.765. The molecule has 0 atom stereocenters. The van der Waals surface area contributed by atoms with Crippen molar-refractivity contribution in [2.24, 2.45) is 0 Å². The Bertz CT molecular complexity index is 610. The molecule has 0 aliphatic heterocycles. The Hall–Kier alpha value is -1.24. The van der Waals surface area contributed by atoms with Gasteiger partial charge in [0.15, 0.2) is 4.60 Å². The minimum absolute atomic E-state index is 0.0608. The summed E-state index contributed by atoms with van der Waals surface area (Å²) in [4.78, 5) is 36.7. The lowest BCUT2D eigenvalue weighted by molar-refractivity contribution is 0.0873. The Kier molecular flexibility index (Phi) is 10.5. The Morgan fingerprint density at radius 3 is 2.00 bits per heavy atom. The standard InChI is InChI=1S/C17H28BrN3O3/c1-2-3-4-5-6-7-8-9-10-11-12-13-14(22)21-17(24)19-16(23)15(18)20-21/h2-13H2,1H3,(H,19,23,24). The highest BCUT2D eigenvalue weighted by Crippen LogP contribution is 2.12. The number of H-pyrrole nitrogens is 1. The molecule has 0 amide bonds. The van der Waals surface area contributed by atoms with Gasteiger partial charge < -0.3 is 0 Å². The van der Waals surface area contributed by atoms with E-state index in [1.165, 1.54) is 51.4 Å². The molecule has 0 unspecified atom stereocenters. The van der Waals surface area contributed by atoms with Gasteiger partial charge in [0, 0.05) is 6.42 Å². The van der Waals surface area contributed by atoms with Crippen LogP contribution in [0.5, 0.6) is 0 Å². The van der Waals surface area contributed by atoms with E-state index in [-0.39, 0.29) is 16.9 Å². The predicted molar refractivity (Wildman–Crippen MR) is 98.5 cm³/mol. The van der Waals surface area contributed by atoms with Crippen molar-refractivity contribution in [2.45, 2.75) is 84.0 Å². The van der Waals surface area contributed by atoms with Crippen LogP contribution in [0.4, 0.5) is 0 Å². The van der Waals surface area contributed by atoms with E-state index >= 15 is 0 Å². The van der Waals surface area contributed by atoms with Crippen LogP contribution in [0.2, 0.25) is 0 Å². The summed E-state index contributed by atoms with van der Waals surface area (Å²) in [6.45, 7) is 2.23. The number of rotatable bonds is 12. The van der Waals surface area contributed by atoms with Crippen LogP contribution in [-0.2, 0) is 0 Å². The summed E-state index contributed by atoms with van der Waals surface area (Å²) >= 11 is 2.92. The summed E-state index contributed by atoms with van der Waals surface area (Å²) in [5, 5.41) is 3.67. The first-order chi connectivity index (χ1) is 11.6. The second-order valence-electron chi connectivity index (χ2n) is 6.14. The highest BCUT2D eigenvalue weighted by molar-refractivity contribution is 9.10. The third kappa shape index (κ3) is 8.04. The van der Waals surface area contributed by atoms with Gasteiger partial charge in [0.05, 0.1) is 0 Å². The molecule has 0 radical (unpaired) electrons. The normalized spacial score (nSPS) is 10.9. The summed E-state index contributed by atoms with van der Waals surface area (Å²) in [6, 6.07) is 0. The predicted octanol–water partition coefficient (Wildman–Crippen LogP) is 4.04. The minimum atomic E-state index is -0.781. The number of unbranched alkanes of at least 4 members (excludes halogenated alkanes) is 10. The maximum atomic E-state index is 11.9. The third-order valence-corrected chi connectivity index (χ3v) is 4.54. The molecule has 7 heteroatoms. The first kappa shape index (κ1) is 20.8. The van der Waals surface area contributed by atoms with Gasteiger partial charge in [-0.3, -0.25) is 14.6 Å². The van der Waals surface area contributed by atoms with Crippen LogP contribution in [0.3, 0.4) is 0 Å². The Morgan fingerprint density at radius 2 is 1.46 bits per heavy atom. The van der Waals surface area contributed by atoms with Gasteiger partial charge in [0.1, 0.15) is 0 Å². The molecule has 0 aliphatic rings. The van der Waals surface area contributed by atoms with Crippen LogP contribution in [-0.4, -0.2) is 20.7 Å². The highest BCUT2D eigenvalue weighted by atomic mass is 79.9. The Balaban J connectivity index is 2.11. The number of nitrogens with one attached hydrogen (secondary N) is 1. The summed E-state index contributed by atoms with van der Waals surface area (Å²) in [6.07, 6.45) is 13.5. The van der Waals surface area contributed by atoms with Crippen LogP contribution in [0.1, 0.15) is 88.8 Å². The Labute approximate surface area is 151 Å². The van der Waals surface area contributed by atoms with Crippen molar-refractivity contribution < 1.29 is 4.79 Å². The molecule has 24 heavy (non-hydrogen) atoms. The lowest BCUT2D eigenvalue weighted by Gasteiger charge is -2.04. The average Bonchev–Trinajstić information content (AvgIpc) is 2.55. The zero-order valence-corrected chi connectivity index (χ0v) is 16.1. The van der Waals surface area contributed by atoms with Crippen molar-refractivity contribution in [2.75, 3.05) is 0 Å². The number of nitrogens with zero attached hydrogens (tertiary/aromatic N) is 2. The zero-order valence-electron chi connectivity index (χ0n) is 14.5. The highest BCUT2D eigenvalue weighted by Gasteiger charge is 2.11. The van der Waals surface area contributed by atoms with Crippen molar-refractivity contribution in [3.63, 3.8) is 0 Å². The molecule has 1 N–H and O–H groups in total. The Morgan fingerprint density at radius 1 is 0.958 bits per heavy atom. The first-order valence-electron chi connectivity index (χ1n) is 8.98. The van der Waals surface area contributed by atoms with Gasteiger partial charge in [-0.2, -0.15) is 0 Å². The lowest BCUT2D eigenvalue weighted by Crippen LogP contribution is -2.36. The average molecular weight is 402 g/mol. The number of aromatic nitrogens is 3. The molecule has 1 aromatic heterocycles. The largest absolute Gasteiger partial charge is 0.352 e. The van der Waals surface area contributed by atoms with Crippen LogP contribution >= 0.6 is 15.9 Å². The van der Waals surface area contributed by atoms with E-state index in [1.54, 1.807) is 0 Å². The number of aromatic amines is 1. The molecule has 1 heterocycles. The topological polar surface area (TPSA) is 84.8 Å². The van der Waals surface area contributed by atoms with Gasteiger partial charge in [-0.05, 0) is 22.4 Å². The fourth-order valence-electron chi connectivity index (χ4n) is 2.60. The van der Waals surface area contributed by atoms with Crippen molar-refractivity contribution in [1.82, 2.24) is 14.8 Å². The number of halogens is 1. The summed E-state index contributed by atoms with van der Waals surface area (Å²) in [5.74, 6) is -0.382. The second-order valence-corrected chi connectivity index (χ2v) is 6.89. The van der Waals surface area contributed by atoms with Gasteiger partial charge in [-0.15, -0.1) is 9.78 Å². The van der Waals surface area contributed by atoms with Crippen molar-refractivity contribution in [3.05, 3.63) is 25.4 Å². The fourth-order valence-corrected chi connectivity index (χ4v) is 2.85. The SMILES string of the molecule is CCCCCCCCCCCCCC(=O)n1nc(Br)c(=O)[nH]c1=O. The van der Waals surface area contributed by atoms with Gasteiger partial charge in [-0.1, -0.05) is 71.1 Å². The second kappa shape index (κ2) is 12.2. The molecule has 6 nitrogen and oxygen atoms in total. The summed E-state index contributed by atoms with van der Waals surface area (Å²) < 4.78 is 0.663. The molecule has 0 aromatic carbocycles. The number of hydrogen-bond acceptors (Lipinski definition) is 4. The molecule has 0 spiro atoms. The monoisotopic (exact) mass is 401 g/mol. The molecule has 0 fully saturated rings. The third-order valence-electron chi connectivity index (χ3n) is 4.02. The molecule has 1 rings (SSSR count). The van der Waals surface area contributed by atoms with E-state index in [0.717, 1.165) is 23.9 Å².